The van der Waals surface area contributed by atoms with Crippen molar-refractivity contribution in [2.24, 2.45) is 0 Å². The molecule has 2 N–H and O–H groups in total. The largest absolute Gasteiger partial charge is 0.342 e. The second-order valence-corrected chi connectivity index (χ2v) is 7.49. The molecule has 1 atom stereocenters. The third kappa shape index (κ3) is 3.83. The number of carbonyl (C=O) groups is 1. The fourth-order valence-corrected chi connectivity index (χ4v) is 3.69. The quantitative estimate of drug-likeness (QED) is 0.502. The van der Waals surface area contributed by atoms with Crippen molar-refractivity contribution in [1.82, 2.24) is 15.3 Å². The van der Waals surface area contributed by atoms with Crippen LogP contribution < -0.4 is 5.32 Å². The minimum Gasteiger partial charge on any atom is -0.342 e. The first-order valence-electron chi connectivity index (χ1n) is 8.98. The zero-order valence-corrected chi connectivity index (χ0v) is 15.9. The molecule has 5 heteroatoms. The molecular weight excluding hydrogens is 354 g/mol. The third-order valence-corrected chi connectivity index (χ3v) is 5.31. The van der Waals surface area contributed by atoms with Gasteiger partial charge >= 0.3 is 0 Å². The van der Waals surface area contributed by atoms with Crippen LogP contribution in [0.1, 0.15) is 28.6 Å². The summed E-state index contributed by atoms with van der Waals surface area (Å²) in [6, 6.07) is 21.6. The van der Waals surface area contributed by atoms with Crippen molar-refractivity contribution >= 4 is 39.5 Å². The minimum atomic E-state index is -0.149. The summed E-state index contributed by atoms with van der Waals surface area (Å²) in [5, 5.41) is 5.36. The molecule has 0 aliphatic heterocycles. The van der Waals surface area contributed by atoms with Crippen molar-refractivity contribution in [3.63, 3.8) is 0 Å². The van der Waals surface area contributed by atoms with Crippen molar-refractivity contribution in [3.05, 3.63) is 78.1 Å². The Morgan fingerprint density at radius 1 is 1.07 bits per heavy atom. The average molecular weight is 375 g/mol. The van der Waals surface area contributed by atoms with Gasteiger partial charge < -0.3 is 10.3 Å². The summed E-state index contributed by atoms with van der Waals surface area (Å²) < 4.78 is 0. The van der Waals surface area contributed by atoms with Crippen molar-refractivity contribution in [1.29, 1.82) is 0 Å². The molecule has 4 aromatic rings. The summed E-state index contributed by atoms with van der Waals surface area (Å²) >= 11 is 1.76. The van der Waals surface area contributed by atoms with Gasteiger partial charge in [-0.05, 0) is 53.5 Å². The normalized spacial score (nSPS) is 12.3. The molecule has 0 aliphatic carbocycles. The number of benzene rings is 3. The number of fused-ring (bicyclic) bond motifs is 2. The van der Waals surface area contributed by atoms with Gasteiger partial charge in [-0.1, -0.05) is 42.5 Å². The number of hydrogen-bond donors (Lipinski definition) is 2. The highest BCUT2D eigenvalue weighted by Crippen LogP contribution is 2.21. The van der Waals surface area contributed by atoms with E-state index >= 15 is 0 Å². The lowest BCUT2D eigenvalue weighted by Crippen LogP contribution is -2.29. The summed E-state index contributed by atoms with van der Waals surface area (Å²) in [6.45, 7) is 0. The summed E-state index contributed by atoms with van der Waals surface area (Å²) in [5.74, 6) is 1.67. The molecule has 0 fully saturated rings. The van der Waals surface area contributed by atoms with Crippen molar-refractivity contribution in [3.8, 4) is 0 Å². The zero-order chi connectivity index (χ0) is 18.6. The van der Waals surface area contributed by atoms with E-state index in [0.29, 0.717) is 5.56 Å². The van der Waals surface area contributed by atoms with Crippen LogP contribution in [0.15, 0.2) is 66.7 Å². The van der Waals surface area contributed by atoms with Gasteiger partial charge in [0, 0.05) is 5.56 Å². The Morgan fingerprint density at radius 3 is 2.67 bits per heavy atom. The van der Waals surface area contributed by atoms with Gasteiger partial charge in [0.1, 0.15) is 5.82 Å². The second kappa shape index (κ2) is 7.84. The zero-order valence-electron chi connectivity index (χ0n) is 15.1. The van der Waals surface area contributed by atoms with E-state index in [1.807, 2.05) is 66.7 Å². The molecule has 1 unspecified atom stereocenters. The standard InChI is InChI=1S/C22H21N3OS/c1-27-13-12-20(21-23-18-8-4-5-9-19(18)24-21)25-22(26)17-11-10-15-6-2-3-7-16(15)14-17/h2-11,14,20H,12-13H2,1H3,(H,23,24)(H,25,26). The molecule has 27 heavy (non-hydrogen) atoms. The van der Waals surface area contributed by atoms with Gasteiger partial charge in [0.15, 0.2) is 0 Å². The summed E-state index contributed by atoms with van der Waals surface area (Å²) in [6.07, 6.45) is 2.89. The molecule has 0 spiro atoms. The first kappa shape index (κ1) is 17.6. The predicted molar refractivity (Wildman–Crippen MR) is 113 cm³/mol. The van der Waals surface area contributed by atoms with Gasteiger partial charge in [-0.15, -0.1) is 0 Å². The lowest BCUT2D eigenvalue weighted by atomic mass is 10.1. The number of rotatable bonds is 6. The van der Waals surface area contributed by atoms with Crippen LogP contribution in [0.4, 0.5) is 0 Å². The van der Waals surface area contributed by atoms with E-state index in [1.165, 1.54) is 0 Å². The van der Waals surface area contributed by atoms with E-state index < -0.39 is 0 Å². The summed E-state index contributed by atoms with van der Waals surface area (Å²) in [7, 11) is 0. The minimum absolute atomic E-state index is 0.0766. The van der Waals surface area contributed by atoms with Gasteiger partial charge in [-0.3, -0.25) is 4.79 Å². The van der Waals surface area contributed by atoms with Crippen molar-refractivity contribution in [2.45, 2.75) is 12.5 Å². The van der Waals surface area contributed by atoms with E-state index in [1.54, 1.807) is 11.8 Å². The van der Waals surface area contributed by atoms with Crippen LogP contribution in [0.5, 0.6) is 0 Å². The molecule has 0 aliphatic rings. The number of H-pyrrole nitrogens is 1. The molecule has 136 valence electrons. The monoisotopic (exact) mass is 375 g/mol. The van der Waals surface area contributed by atoms with Crippen molar-refractivity contribution in [2.75, 3.05) is 12.0 Å². The van der Waals surface area contributed by atoms with Crippen LogP contribution in [-0.4, -0.2) is 27.9 Å². The average Bonchev–Trinajstić information content (AvgIpc) is 3.14. The SMILES string of the molecule is CSCCC(NC(=O)c1ccc2ccccc2c1)c1nc2ccccc2[nH]1. The highest BCUT2D eigenvalue weighted by Gasteiger charge is 2.19. The predicted octanol–water partition coefficient (Wildman–Crippen LogP) is 4.94. The maximum absolute atomic E-state index is 12.9. The Morgan fingerprint density at radius 2 is 1.85 bits per heavy atom. The molecule has 1 heterocycles. The molecule has 0 bridgehead atoms. The molecular formula is C22H21N3OS. The number of imidazole rings is 1. The lowest BCUT2D eigenvalue weighted by molar-refractivity contribution is 0.0934. The number of aromatic nitrogens is 2. The number of carbonyl (C=O) groups excluding carboxylic acids is 1. The number of aromatic amines is 1. The van der Waals surface area contributed by atoms with Crippen LogP contribution >= 0.6 is 11.8 Å². The highest BCUT2D eigenvalue weighted by atomic mass is 32.2. The number of para-hydroxylation sites is 2. The molecule has 4 rings (SSSR count). The first-order valence-corrected chi connectivity index (χ1v) is 10.4. The molecule has 1 amide bonds. The Kier molecular flexibility index (Phi) is 5.12. The van der Waals surface area contributed by atoms with E-state index in [2.05, 4.69) is 21.5 Å². The van der Waals surface area contributed by atoms with Crippen LogP contribution in [0.25, 0.3) is 21.8 Å². The highest BCUT2D eigenvalue weighted by molar-refractivity contribution is 7.98. The topological polar surface area (TPSA) is 57.8 Å². The second-order valence-electron chi connectivity index (χ2n) is 6.51. The summed E-state index contributed by atoms with van der Waals surface area (Å²) in [5.41, 5.74) is 2.57. The van der Waals surface area contributed by atoms with Gasteiger partial charge in [0.05, 0.1) is 17.1 Å². The third-order valence-electron chi connectivity index (χ3n) is 4.67. The van der Waals surface area contributed by atoms with Gasteiger partial charge in [-0.2, -0.15) is 11.8 Å². The summed E-state index contributed by atoms with van der Waals surface area (Å²) in [4.78, 5) is 20.9. The van der Waals surface area contributed by atoms with E-state index in [0.717, 1.165) is 39.8 Å². The Bertz CT molecular complexity index is 1060. The maximum atomic E-state index is 12.9. The number of amides is 1. The van der Waals surface area contributed by atoms with Crippen LogP contribution in [0.2, 0.25) is 0 Å². The van der Waals surface area contributed by atoms with Crippen LogP contribution in [-0.2, 0) is 0 Å². The first-order chi connectivity index (χ1) is 13.2. The van der Waals surface area contributed by atoms with Gasteiger partial charge in [0.25, 0.3) is 5.91 Å². The molecule has 0 saturated carbocycles. The number of nitrogens with one attached hydrogen (secondary N) is 2. The molecule has 4 nitrogen and oxygen atoms in total. The fourth-order valence-electron chi connectivity index (χ4n) is 3.22. The fraction of sp³-hybridized carbons (Fsp3) is 0.182. The number of thioether (sulfide) groups is 1. The number of hydrogen-bond acceptors (Lipinski definition) is 3. The van der Waals surface area contributed by atoms with E-state index in [-0.39, 0.29) is 11.9 Å². The van der Waals surface area contributed by atoms with Crippen LogP contribution in [0, 0.1) is 0 Å². The molecule has 1 aromatic heterocycles. The van der Waals surface area contributed by atoms with E-state index in [4.69, 9.17) is 0 Å². The molecule has 0 saturated heterocycles. The Hall–Kier alpha value is -2.79. The lowest BCUT2D eigenvalue weighted by Gasteiger charge is -2.16. The Labute approximate surface area is 162 Å². The van der Waals surface area contributed by atoms with Crippen molar-refractivity contribution < 1.29 is 4.79 Å². The molecule has 3 aromatic carbocycles. The number of nitrogens with zero attached hydrogens (tertiary/aromatic N) is 1. The Balaban J connectivity index is 1.60. The maximum Gasteiger partial charge on any atom is 0.251 e. The smallest absolute Gasteiger partial charge is 0.251 e. The molecule has 0 radical (unpaired) electrons. The van der Waals surface area contributed by atoms with Gasteiger partial charge in [0.2, 0.25) is 0 Å². The van der Waals surface area contributed by atoms with E-state index in [9.17, 15) is 4.79 Å². The van der Waals surface area contributed by atoms with Crippen LogP contribution in [0.3, 0.4) is 0 Å². The van der Waals surface area contributed by atoms with Gasteiger partial charge in [-0.25, -0.2) is 4.98 Å².